The van der Waals surface area contributed by atoms with Gasteiger partial charge < -0.3 is 0 Å². The van der Waals surface area contributed by atoms with E-state index in [9.17, 15) is 4.79 Å². The van der Waals surface area contributed by atoms with Gasteiger partial charge in [-0.15, -0.1) is 11.8 Å². The van der Waals surface area contributed by atoms with Crippen LogP contribution in [0.15, 0.2) is 64.4 Å². The van der Waals surface area contributed by atoms with Crippen LogP contribution < -0.4 is 4.90 Å². The van der Waals surface area contributed by atoms with Gasteiger partial charge >= 0.3 is 0 Å². The van der Waals surface area contributed by atoms with Crippen LogP contribution in [0.25, 0.3) is 6.08 Å². The number of para-hydroxylation sites is 1. The van der Waals surface area contributed by atoms with Gasteiger partial charge in [-0.25, -0.2) is 0 Å². The molecule has 1 amide bonds. The van der Waals surface area contributed by atoms with Crippen molar-refractivity contribution >= 4 is 57.7 Å². The van der Waals surface area contributed by atoms with E-state index in [1.807, 2.05) is 54.8 Å². The molecule has 1 saturated heterocycles. The van der Waals surface area contributed by atoms with Crippen molar-refractivity contribution in [2.24, 2.45) is 0 Å². The van der Waals surface area contributed by atoms with E-state index in [0.29, 0.717) is 9.23 Å². The van der Waals surface area contributed by atoms with E-state index in [2.05, 4.69) is 12.1 Å². The molecule has 0 saturated carbocycles. The molecular weight excluding hydrogens is 330 g/mol. The summed E-state index contributed by atoms with van der Waals surface area (Å²) < 4.78 is 0.572. The number of carbonyl (C=O) groups is 1. The van der Waals surface area contributed by atoms with E-state index >= 15 is 0 Å². The van der Waals surface area contributed by atoms with E-state index in [0.717, 1.165) is 11.3 Å². The maximum Gasteiger partial charge on any atom is 0.270 e. The minimum Gasteiger partial charge on any atom is -0.268 e. The molecule has 0 spiro atoms. The number of benzene rings is 2. The summed E-state index contributed by atoms with van der Waals surface area (Å²) in [4.78, 5) is 16.0. The van der Waals surface area contributed by atoms with Crippen molar-refractivity contribution in [2.45, 2.75) is 4.90 Å². The van der Waals surface area contributed by atoms with E-state index in [-0.39, 0.29) is 5.91 Å². The first-order valence-corrected chi connectivity index (χ1v) is 9.11. The molecule has 0 aliphatic carbocycles. The van der Waals surface area contributed by atoms with Crippen LogP contribution in [0.2, 0.25) is 0 Å². The van der Waals surface area contributed by atoms with Gasteiger partial charge in [0.05, 0.1) is 10.6 Å². The lowest BCUT2D eigenvalue weighted by molar-refractivity contribution is -0.113. The predicted octanol–water partition coefficient (Wildman–Crippen LogP) is 4.81. The number of hydrogen-bond donors (Lipinski definition) is 0. The number of amides is 1. The SMILES string of the molecule is CSc1ccc(/C=C2\SC(=S)N(c3ccccc3)C2=O)cc1. The number of rotatable bonds is 3. The average Bonchev–Trinajstić information content (AvgIpc) is 2.83. The average molecular weight is 343 g/mol. The maximum absolute atomic E-state index is 12.6. The van der Waals surface area contributed by atoms with Crippen molar-refractivity contribution in [2.75, 3.05) is 11.2 Å². The van der Waals surface area contributed by atoms with Crippen LogP contribution in [0.3, 0.4) is 0 Å². The van der Waals surface area contributed by atoms with E-state index in [1.54, 1.807) is 16.7 Å². The quantitative estimate of drug-likeness (QED) is 0.452. The molecule has 0 N–H and O–H groups in total. The standard InChI is InChI=1S/C17H13NOS3/c1-21-14-9-7-12(8-10-14)11-15-16(19)18(17(20)22-15)13-5-3-2-4-6-13/h2-11H,1H3/b15-11-. The number of anilines is 1. The zero-order valence-electron chi connectivity index (χ0n) is 11.9. The Labute approximate surface area is 143 Å². The van der Waals surface area contributed by atoms with Crippen molar-refractivity contribution < 1.29 is 4.79 Å². The topological polar surface area (TPSA) is 20.3 Å². The molecule has 2 nitrogen and oxygen atoms in total. The molecule has 3 rings (SSSR count). The fourth-order valence-electron chi connectivity index (χ4n) is 2.12. The Morgan fingerprint density at radius 2 is 1.77 bits per heavy atom. The zero-order chi connectivity index (χ0) is 15.5. The van der Waals surface area contributed by atoms with Gasteiger partial charge in [0.25, 0.3) is 5.91 Å². The predicted molar refractivity (Wildman–Crippen MR) is 100 cm³/mol. The van der Waals surface area contributed by atoms with Crippen LogP contribution in [0.4, 0.5) is 5.69 Å². The van der Waals surface area contributed by atoms with E-state index in [4.69, 9.17) is 12.2 Å². The van der Waals surface area contributed by atoms with Gasteiger partial charge in [0.2, 0.25) is 0 Å². The number of carbonyl (C=O) groups excluding carboxylic acids is 1. The summed E-state index contributed by atoms with van der Waals surface area (Å²) in [6, 6.07) is 17.6. The normalized spacial score (nSPS) is 16.6. The zero-order valence-corrected chi connectivity index (χ0v) is 14.3. The van der Waals surface area contributed by atoms with Gasteiger partial charge in [0.1, 0.15) is 0 Å². The third-order valence-electron chi connectivity index (χ3n) is 3.22. The third-order valence-corrected chi connectivity index (χ3v) is 5.27. The van der Waals surface area contributed by atoms with Crippen LogP contribution in [0.5, 0.6) is 0 Å². The molecule has 0 bridgehead atoms. The first-order valence-electron chi connectivity index (χ1n) is 6.66. The second kappa shape index (κ2) is 6.69. The van der Waals surface area contributed by atoms with Crippen LogP contribution in [0.1, 0.15) is 5.56 Å². The number of thiocarbonyl (C=S) groups is 1. The van der Waals surface area contributed by atoms with Gasteiger partial charge in [-0.2, -0.15) is 0 Å². The molecule has 1 aliphatic heterocycles. The van der Waals surface area contributed by atoms with Crippen molar-refractivity contribution in [3.63, 3.8) is 0 Å². The summed E-state index contributed by atoms with van der Waals surface area (Å²) in [6.07, 6.45) is 3.94. The summed E-state index contributed by atoms with van der Waals surface area (Å²) in [5.41, 5.74) is 1.82. The van der Waals surface area contributed by atoms with Crippen molar-refractivity contribution in [1.82, 2.24) is 0 Å². The Morgan fingerprint density at radius 1 is 1.09 bits per heavy atom. The minimum atomic E-state index is -0.0601. The van der Waals surface area contributed by atoms with Crippen molar-refractivity contribution in [3.8, 4) is 0 Å². The molecule has 0 aromatic heterocycles. The summed E-state index contributed by atoms with van der Waals surface area (Å²) in [5.74, 6) is -0.0601. The smallest absolute Gasteiger partial charge is 0.268 e. The van der Waals surface area contributed by atoms with Crippen LogP contribution in [-0.2, 0) is 4.79 Å². The summed E-state index contributed by atoms with van der Waals surface area (Å²) in [5, 5.41) is 0. The fourth-order valence-corrected chi connectivity index (χ4v) is 3.83. The Balaban J connectivity index is 1.88. The van der Waals surface area contributed by atoms with Crippen LogP contribution in [-0.4, -0.2) is 16.5 Å². The lowest BCUT2D eigenvalue weighted by atomic mass is 10.2. The Hall–Kier alpha value is -1.56. The largest absolute Gasteiger partial charge is 0.270 e. The van der Waals surface area contributed by atoms with Gasteiger partial charge in [-0.05, 0) is 42.2 Å². The minimum absolute atomic E-state index is 0.0601. The maximum atomic E-state index is 12.6. The highest BCUT2D eigenvalue weighted by Gasteiger charge is 2.33. The molecule has 2 aromatic rings. The molecule has 0 atom stereocenters. The summed E-state index contributed by atoms with van der Waals surface area (Å²) in [7, 11) is 0. The molecule has 0 radical (unpaired) electrons. The van der Waals surface area contributed by atoms with Crippen LogP contribution >= 0.6 is 35.7 Å². The van der Waals surface area contributed by atoms with Gasteiger partial charge in [0.15, 0.2) is 4.32 Å². The number of hydrogen-bond acceptors (Lipinski definition) is 4. The molecule has 22 heavy (non-hydrogen) atoms. The molecule has 1 aliphatic rings. The van der Waals surface area contributed by atoms with Gasteiger partial charge in [0, 0.05) is 4.90 Å². The molecule has 2 aromatic carbocycles. The van der Waals surface area contributed by atoms with E-state index in [1.165, 1.54) is 16.7 Å². The van der Waals surface area contributed by atoms with Crippen molar-refractivity contribution in [1.29, 1.82) is 0 Å². The first kappa shape index (κ1) is 15.3. The number of nitrogens with zero attached hydrogens (tertiary/aromatic N) is 1. The molecule has 110 valence electrons. The molecular formula is C17H13NOS3. The first-order chi connectivity index (χ1) is 10.7. The highest BCUT2D eigenvalue weighted by atomic mass is 32.2. The lowest BCUT2D eigenvalue weighted by Gasteiger charge is -2.13. The molecule has 5 heteroatoms. The summed E-state index contributed by atoms with van der Waals surface area (Å²) in [6.45, 7) is 0. The third kappa shape index (κ3) is 3.11. The molecule has 1 heterocycles. The monoisotopic (exact) mass is 343 g/mol. The highest BCUT2D eigenvalue weighted by Crippen LogP contribution is 2.35. The lowest BCUT2D eigenvalue weighted by Crippen LogP contribution is -2.27. The van der Waals surface area contributed by atoms with Gasteiger partial charge in [-0.1, -0.05) is 54.3 Å². The van der Waals surface area contributed by atoms with Gasteiger partial charge in [-0.3, -0.25) is 9.69 Å². The van der Waals surface area contributed by atoms with E-state index < -0.39 is 0 Å². The Kier molecular flexibility index (Phi) is 4.66. The highest BCUT2D eigenvalue weighted by molar-refractivity contribution is 8.27. The second-order valence-corrected chi connectivity index (χ2v) is 7.18. The number of thioether (sulfide) groups is 2. The van der Waals surface area contributed by atoms with Crippen LogP contribution in [0, 0.1) is 0 Å². The second-order valence-electron chi connectivity index (χ2n) is 4.63. The Bertz CT molecular complexity index is 738. The Morgan fingerprint density at radius 3 is 2.41 bits per heavy atom. The molecule has 1 fully saturated rings. The molecule has 0 unspecified atom stereocenters. The fraction of sp³-hybridized carbons (Fsp3) is 0.0588. The van der Waals surface area contributed by atoms with Crippen molar-refractivity contribution in [3.05, 3.63) is 65.1 Å². The summed E-state index contributed by atoms with van der Waals surface area (Å²) >= 11 is 8.40.